The van der Waals surface area contributed by atoms with E-state index in [-0.39, 0.29) is 12.3 Å². The van der Waals surface area contributed by atoms with Crippen LogP contribution in [0.25, 0.3) is 0 Å². The zero-order valence-corrected chi connectivity index (χ0v) is 15.7. The van der Waals surface area contributed by atoms with Crippen LogP contribution >= 0.6 is 34.3 Å². The molecule has 2 amide bonds. The van der Waals surface area contributed by atoms with Crippen molar-refractivity contribution in [2.24, 2.45) is 0 Å². The highest BCUT2D eigenvalue weighted by molar-refractivity contribution is 7.14. The van der Waals surface area contributed by atoms with Gasteiger partial charge in [-0.25, -0.2) is 0 Å². The van der Waals surface area contributed by atoms with Gasteiger partial charge in [0.05, 0.1) is 11.4 Å². The standard InChI is InChI=1S/C18H13ClN2O3S2/c19-12-1-3-13(4-2-12)21-18(24)17(23)20-9-14-5-6-15(26-14)16(22)11-7-8-25-10-11/h1-8,10H,9H2,(H,20,23)(H,21,24). The Bertz CT molecular complexity index is 934. The van der Waals surface area contributed by atoms with E-state index < -0.39 is 11.8 Å². The van der Waals surface area contributed by atoms with Gasteiger partial charge in [-0.3, -0.25) is 14.4 Å². The van der Waals surface area contributed by atoms with Crippen molar-refractivity contribution in [1.29, 1.82) is 0 Å². The van der Waals surface area contributed by atoms with E-state index in [2.05, 4.69) is 10.6 Å². The molecule has 8 heteroatoms. The highest BCUT2D eigenvalue weighted by atomic mass is 35.5. The number of amides is 2. The molecule has 5 nitrogen and oxygen atoms in total. The summed E-state index contributed by atoms with van der Waals surface area (Å²) in [6, 6.07) is 11.7. The molecule has 0 atom stereocenters. The Morgan fingerprint density at radius 3 is 2.42 bits per heavy atom. The summed E-state index contributed by atoms with van der Waals surface area (Å²) in [6.45, 7) is 0.175. The van der Waals surface area contributed by atoms with Gasteiger partial charge in [-0.1, -0.05) is 11.6 Å². The third kappa shape index (κ3) is 4.57. The predicted octanol–water partition coefficient (Wildman–Crippen LogP) is 3.95. The number of ketones is 1. The zero-order chi connectivity index (χ0) is 18.5. The molecule has 2 heterocycles. The van der Waals surface area contributed by atoms with E-state index in [9.17, 15) is 14.4 Å². The number of hydrogen-bond acceptors (Lipinski definition) is 5. The summed E-state index contributed by atoms with van der Waals surface area (Å²) in [6.07, 6.45) is 0. The molecule has 3 rings (SSSR count). The van der Waals surface area contributed by atoms with E-state index in [0.717, 1.165) is 4.88 Å². The summed E-state index contributed by atoms with van der Waals surface area (Å²) in [5.74, 6) is -1.56. The summed E-state index contributed by atoms with van der Waals surface area (Å²) in [5.41, 5.74) is 1.13. The number of carbonyl (C=O) groups is 3. The van der Waals surface area contributed by atoms with Crippen molar-refractivity contribution in [3.63, 3.8) is 0 Å². The van der Waals surface area contributed by atoms with Crippen LogP contribution in [-0.4, -0.2) is 17.6 Å². The molecule has 0 aliphatic rings. The van der Waals surface area contributed by atoms with Gasteiger partial charge < -0.3 is 10.6 Å². The van der Waals surface area contributed by atoms with E-state index in [1.807, 2.05) is 5.38 Å². The number of nitrogens with one attached hydrogen (secondary N) is 2. The van der Waals surface area contributed by atoms with Crippen LogP contribution in [0.4, 0.5) is 5.69 Å². The fourth-order valence-electron chi connectivity index (χ4n) is 2.10. The van der Waals surface area contributed by atoms with E-state index in [4.69, 9.17) is 11.6 Å². The molecule has 0 saturated heterocycles. The van der Waals surface area contributed by atoms with Gasteiger partial charge in [0.15, 0.2) is 0 Å². The fourth-order valence-corrected chi connectivity index (χ4v) is 3.77. The topological polar surface area (TPSA) is 75.3 Å². The number of anilines is 1. The third-order valence-electron chi connectivity index (χ3n) is 3.40. The van der Waals surface area contributed by atoms with Crippen LogP contribution in [0.3, 0.4) is 0 Å². The molecule has 0 saturated carbocycles. The lowest BCUT2D eigenvalue weighted by molar-refractivity contribution is -0.136. The molecule has 1 aromatic carbocycles. The van der Waals surface area contributed by atoms with Gasteiger partial charge in [0.25, 0.3) is 0 Å². The quantitative estimate of drug-likeness (QED) is 0.499. The predicted molar refractivity (Wildman–Crippen MR) is 104 cm³/mol. The van der Waals surface area contributed by atoms with Gasteiger partial charge in [-0.2, -0.15) is 11.3 Å². The monoisotopic (exact) mass is 404 g/mol. The van der Waals surface area contributed by atoms with Gasteiger partial charge in [0.2, 0.25) is 5.78 Å². The lowest BCUT2D eigenvalue weighted by Gasteiger charge is -2.05. The Labute approximate surface area is 162 Å². The van der Waals surface area contributed by atoms with Crippen LogP contribution in [0.15, 0.2) is 53.2 Å². The van der Waals surface area contributed by atoms with Crippen molar-refractivity contribution in [1.82, 2.24) is 5.32 Å². The first-order valence-electron chi connectivity index (χ1n) is 7.53. The first-order valence-corrected chi connectivity index (χ1v) is 9.67. The van der Waals surface area contributed by atoms with Gasteiger partial charge >= 0.3 is 11.8 Å². The highest BCUT2D eigenvalue weighted by Gasteiger charge is 2.15. The Morgan fingerprint density at radius 2 is 1.73 bits per heavy atom. The molecule has 3 aromatic rings. The van der Waals surface area contributed by atoms with Crippen molar-refractivity contribution >= 4 is 57.6 Å². The summed E-state index contributed by atoms with van der Waals surface area (Å²) in [4.78, 5) is 37.4. The minimum Gasteiger partial charge on any atom is -0.343 e. The molecule has 0 radical (unpaired) electrons. The molecule has 0 spiro atoms. The zero-order valence-electron chi connectivity index (χ0n) is 13.3. The van der Waals surface area contributed by atoms with Gasteiger partial charge in [0, 0.05) is 26.5 Å². The van der Waals surface area contributed by atoms with Crippen LogP contribution in [0.2, 0.25) is 5.02 Å². The fraction of sp³-hybridized carbons (Fsp3) is 0.0556. The smallest absolute Gasteiger partial charge is 0.313 e. The molecule has 26 heavy (non-hydrogen) atoms. The van der Waals surface area contributed by atoms with Crippen molar-refractivity contribution in [3.05, 3.63) is 73.6 Å². The molecule has 0 unspecified atom stereocenters. The second-order valence-electron chi connectivity index (χ2n) is 5.25. The maximum Gasteiger partial charge on any atom is 0.313 e. The first-order chi connectivity index (χ1) is 12.5. The summed E-state index contributed by atoms with van der Waals surface area (Å²) >= 11 is 8.53. The van der Waals surface area contributed by atoms with Crippen LogP contribution in [0.1, 0.15) is 20.1 Å². The summed E-state index contributed by atoms with van der Waals surface area (Å²) in [7, 11) is 0. The normalized spacial score (nSPS) is 10.3. The van der Waals surface area contributed by atoms with Crippen molar-refractivity contribution in [2.75, 3.05) is 5.32 Å². The molecule has 0 fully saturated rings. The molecule has 2 N–H and O–H groups in total. The Kier molecular flexibility index (Phi) is 5.82. The van der Waals surface area contributed by atoms with E-state index in [0.29, 0.717) is 21.2 Å². The van der Waals surface area contributed by atoms with Crippen molar-refractivity contribution in [2.45, 2.75) is 6.54 Å². The van der Waals surface area contributed by atoms with Gasteiger partial charge in [0.1, 0.15) is 0 Å². The van der Waals surface area contributed by atoms with E-state index >= 15 is 0 Å². The number of hydrogen-bond donors (Lipinski definition) is 2. The minimum atomic E-state index is -0.765. The number of halogens is 1. The molecular formula is C18H13ClN2O3S2. The van der Waals surface area contributed by atoms with Crippen molar-refractivity contribution < 1.29 is 14.4 Å². The maximum atomic E-state index is 12.3. The number of thiophene rings is 2. The third-order valence-corrected chi connectivity index (χ3v) is 5.42. The maximum absolute atomic E-state index is 12.3. The largest absolute Gasteiger partial charge is 0.343 e. The first kappa shape index (κ1) is 18.3. The number of benzene rings is 1. The summed E-state index contributed by atoms with van der Waals surface area (Å²) < 4.78 is 0. The Hall–Kier alpha value is -2.48. The highest BCUT2D eigenvalue weighted by Crippen LogP contribution is 2.21. The van der Waals surface area contributed by atoms with Crippen LogP contribution in [-0.2, 0) is 16.1 Å². The second-order valence-corrected chi connectivity index (χ2v) is 7.64. The number of carbonyl (C=O) groups excluding carboxylic acids is 3. The van der Waals surface area contributed by atoms with Crippen LogP contribution < -0.4 is 10.6 Å². The van der Waals surface area contributed by atoms with E-state index in [1.165, 1.54) is 22.7 Å². The Balaban J connectivity index is 1.53. The lowest BCUT2D eigenvalue weighted by atomic mass is 10.2. The molecule has 0 bridgehead atoms. The Morgan fingerprint density at radius 1 is 0.962 bits per heavy atom. The van der Waals surface area contributed by atoms with E-state index in [1.54, 1.807) is 47.8 Å². The lowest BCUT2D eigenvalue weighted by Crippen LogP contribution is -2.34. The molecule has 0 aliphatic heterocycles. The summed E-state index contributed by atoms with van der Waals surface area (Å²) in [5, 5.41) is 9.21. The average Bonchev–Trinajstić information content (AvgIpc) is 3.33. The van der Waals surface area contributed by atoms with Crippen LogP contribution in [0.5, 0.6) is 0 Å². The van der Waals surface area contributed by atoms with Gasteiger partial charge in [-0.15, -0.1) is 11.3 Å². The second kappa shape index (κ2) is 8.27. The van der Waals surface area contributed by atoms with Crippen LogP contribution in [0, 0.1) is 0 Å². The molecule has 0 aliphatic carbocycles. The average molecular weight is 405 g/mol. The number of rotatable bonds is 5. The molecular weight excluding hydrogens is 392 g/mol. The molecule has 2 aromatic heterocycles. The van der Waals surface area contributed by atoms with Gasteiger partial charge in [-0.05, 0) is 47.8 Å². The van der Waals surface area contributed by atoms with Crippen molar-refractivity contribution in [3.8, 4) is 0 Å². The minimum absolute atomic E-state index is 0.0469. The molecule has 132 valence electrons. The SMILES string of the molecule is O=C(NCc1ccc(C(=O)c2ccsc2)s1)C(=O)Nc1ccc(Cl)cc1.